The number of hydrogen-bond acceptors (Lipinski definition) is 5. The summed E-state index contributed by atoms with van der Waals surface area (Å²) in [6.45, 7) is 0. The molecule has 1 aromatic heterocycles. The molecule has 27 heavy (non-hydrogen) atoms. The topological polar surface area (TPSA) is 80.3 Å². The van der Waals surface area contributed by atoms with Gasteiger partial charge in [0, 0.05) is 17.5 Å². The highest BCUT2D eigenvalue weighted by Gasteiger charge is 2.34. The molecule has 1 atom stereocenters. The number of amides is 2. The largest absolute Gasteiger partial charge is 0.480 e. The standard InChI is InChI=1S/C17H14F3N3O3S/c1-26-16-10(3-2-6-21-16)22-14(24)8-13-15(25)23-11-7-9(17(18,19)20)4-5-12(11)27-13/h2-7,13H,8H2,1H3,(H,22,24)(H,23,25). The summed E-state index contributed by atoms with van der Waals surface area (Å²) in [5.41, 5.74) is -0.395. The van der Waals surface area contributed by atoms with E-state index in [1.807, 2.05) is 0 Å². The molecule has 1 aliphatic heterocycles. The van der Waals surface area contributed by atoms with Crippen molar-refractivity contribution in [2.75, 3.05) is 17.7 Å². The van der Waals surface area contributed by atoms with Crippen LogP contribution in [0.4, 0.5) is 24.5 Å². The molecule has 0 saturated carbocycles. The van der Waals surface area contributed by atoms with Crippen LogP contribution in [-0.4, -0.2) is 29.2 Å². The van der Waals surface area contributed by atoms with Gasteiger partial charge in [0.25, 0.3) is 0 Å². The number of rotatable bonds is 4. The average molecular weight is 397 g/mol. The van der Waals surface area contributed by atoms with Gasteiger partial charge in [0.15, 0.2) is 0 Å². The number of halogens is 3. The summed E-state index contributed by atoms with van der Waals surface area (Å²) in [6, 6.07) is 6.34. The number of fused-ring (bicyclic) bond motifs is 1. The number of nitrogens with one attached hydrogen (secondary N) is 2. The number of pyridine rings is 1. The molecule has 0 radical (unpaired) electrons. The van der Waals surface area contributed by atoms with Crippen LogP contribution >= 0.6 is 11.8 Å². The Morgan fingerprint density at radius 3 is 2.85 bits per heavy atom. The fourth-order valence-electron chi connectivity index (χ4n) is 2.48. The van der Waals surface area contributed by atoms with Gasteiger partial charge in [-0.1, -0.05) is 0 Å². The lowest BCUT2D eigenvalue weighted by Crippen LogP contribution is -2.32. The molecule has 0 bridgehead atoms. The van der Waals surface area contributed by atoms with E-state index in [9.17, 15) is 22.8 Å². The molecule has 1 aliphatic rings. The molecule has 6 nitrogen and oxygen atoms in total. The van der Waals surface area contributed by atoms with Gasteiger partial charge in [-0.25, -0.2) is 4.98 Å². The van der Waals surface area contributed by atoms with Crippen LogP contribution in [0.15, 0.2) is 41.4 Å². The number of thioether (sulfide) groups is 1. The van der Waals surface area contributed by atoms with E-state index >= 15 is 0 Å². The van der Waals surface area contributed by atoms with Crippen molar-refractivity contribution in [1.29, 1.82) is 0 Å². The summed E-state index contributed by atoms with van der Waals surface area (Å²) in [6.07, 6.45) is -3.15. The third-order valence-electron chi connectivity index (χ3n) is 3.74. The van der Waals surface area contributed by atoms with Gasteiger partial charge < -0.3 is 15.4 Å². The third-order valence-corrected chi connectivity index (χ3v) is 5.01. The molecule has 2 amide bonds. The van der Waals surface area contributed by atoms with E-state index in [-0.39, 0.29) is 18.0 Å². The third kappa shape index (κ3) is 4.33. The summed E-state index contributed by atoms with van der Waals surface area (Å²) >= 11 is 1.05. The molecule has 0 saturated heterocycles. The minimum Gasteiger partial charge on any atom is -0.480 e. The average Bonchev–Trinajstić information content (AvgIpc) is 2.61. The lowest BCUT2D eigenvalue weighted by molar-refractivity contribution is -0.137. The first-order chi connectivity index (χ1) is 12.8. The molecule has 142 valence electrons. The number of hydrogen-bond donors (Lipinski definition) is 2. The zero-order valence-corrected chi connectivity index (χ0v) is 14.8. The number of benzene rings is 1. The normalized spacial score (nSPS) is 16.3. The van der Waals surface area contributed by atoms with Crippen molar-refractivity contribution in [3.05, 3.63) is 42.1 Å². The molecule has 10 heteroatoms. The Kier molecular flexibility index (Phi) is 5.26. The van der Waals surface area contributed by atoms with Crippen LogP contribution in [0.5, 0.6) is 5.88 Å². The molecule has 2 N–H and O–H groups in total. The van der Waals surface area contributed by atoms with Crippen LogP contribution in [0, 0.1) is 0 Å². The predicted octanol–water partition coefficient (Wildman–Crippen LogP) is 3.55. The Bertz CT molecular complexity index is 889. The second kappa shape index (κ2) is 7.47. The van der Waals surface area contributed by atoms with Gasteiger partial charge >= 0.3 is 6.18 Å². The van der Waals surface area contributed by atoms with Gasteiger partial charge in [-0.3, -0.25) is 9.59 Å². The van der Waals surface area contributed by atoms with Gasteiger partial charge in [0.1, 0.15) is 5.69 Å². The minimum absolute atomic E-state index is 0.0883. The molecule has 0 aliphatic carbocycles. The minimum atomic E-state index is -4.50. The molecule has 3 rings (SSSR count). The van der Waals surface area contributed by atoms with E-state index < -0.39 is 28.8 Å². The van der Waals surface area contributed by atoms with Crippen molar-refractivity contribution in [2.24, 2.45) is 0 Å². The van der Waals surface area contributed by atoms with Crippen LogP contribution in [0.3, 0.4) is 0 Å². The molecular formula is C17H14F3N3O3S. The molecule has 0 spiro atoms. The maximum Gasteiger partial charge on any atom is 0.416 e. The van der Waals surface area contributed by atoms with Gasteiger partial charge in [0.2, 0.25) is 17.7 Å². The number of ether oxygens (including phenoxy) is 1. The van der Waals surface area contributed by atoms with Crippen LogP contribution in [-0.2, 0) is 15.8 Å². The fraction of sp³-hybridized carbons (Fsp3) is 0.235. The zero-order valence-electron chi connectivity index (χ0n) is 14.0. The van der Waals surface area contributed by atoms with E-state index in [2.05, 4.69) is 15.6 Å². The first-order valence-electron chi connectivity index (χ1n) is 7.75. The lowest BCUT2D eigenvalue weighted by atomic mass is 10.1. The van der Waals surface area contributed by atoms with Crippen molar-refractivity contribution in [3.63, 3.8) is 0 Å². The number of carbonyl (C=O) groups excluding carboxylic acids is 2. The van der Waals surface area contributed by atoms with Crippen LogP contribution < -0.4 is 15.4 Å². The number of nitrogens with zero attached hydrogens (tertiary/aromatic N) is 1. The first-order valence-corrected chi connectivity index (χ1v) is 8.63. The Balaban J connectivity index is 1.70. The monoisotopic (exact) mass is 397 g/mol. The van der Waals surface area contributed by atoms with Crippen molar-refractivity contribution < 1.29 is 27.5 Å². The Morgan fingerprint density at radius 2 is 2.15 bits per heavy atom. The van der Waals surface area contributed by atoms with E-state index in [4.69, 9.17) is 4.74 Å². The zero-order chi connectivity index (χ0) is 19.6. The first kappa shape index (κ1) is 19.0. The second-order valence-electron chi connectivity index (χ2n) is 5.62. The summed E-state index contributed by atoms with van der Waals surface area (Å²) in [4.78, 5) is 28.9. The van der Waals surface area contributed by atoms with Crippen molar-refractivity contribution in [3.8, 4) is 5.88 Å². The summed E-state index contributed by atoms with van der Waals surface area (Å²) in [5.74, 6) is -0.735. The fourth-order valence-corrected chi connectivity index (χ4v) is 3.57. The van der Waals surface area contributed by atoms with Crippen LogP contribution in [0.25, 0.3) is 0 Å². The number of alkyl halides is 3. The molecule has 2 heterocycles. The Morgan fingerprint density at radius 1 is 1.37 bits per heavy atom. The van der Waals surface area contributed by atoms with Crippen LogP contribution in [0.2, 0.25) is 0 Å². The van der Waals surface area contributed by atoms with Gasteiger partial charge in [0.05, 0.1) is 23.6 Å². The van der Waals surface area contributed by atoms with E-state index in [0.717, 1.165) is 23.9 Å². The summed E-state index contributed by atoms with van der Waals surface area (Å²) in [5, 5.41) is 4.28. The number of carbonyl (C=O) groups is 2. The Hall–Kier alpha value is -2.75. The van der Waals surface area contributed by atoms with Gasteiger partial charge in [-0.15, -0.1) is 11.8 Å². The lowest BCUT2D eigenvalue weighted by Gasteiger charge is -2.24. The summed E-state index contributed by atoms with van der Waals surface area (Å²) in [7, 11) is 1.41. The molecule has 0 fully saturated rings. The number of anilines is 2. The van der Waals surface area contributed by atoms with Crippen molar-refractivity contribution in [1.82, 2.24) is 4.98 Å². The van der Waals surface area contributed by atoms with Crippen molar-refractivity contribution in [2.45, 2.75) is 22.7 Å². The highest BCUT2D eigenvalue weighted by Crippen LogP contribution is 2.40. The molecule has 1 unspecified atom stereocenters. The van der Waals surface area contributed by atoms with Gasteiger partial charge in [-0.05, 0) is 30.3 Å². The SMILES string of the molecule is COc1ncccc1NC(=O)CC1Sc2ccc(C(F)(F)F)cc2NC1=O. The maximum absolute atomic E-state index is 12.8. The number of aromatic nitrogens is 1. The predicted molar refractivity (Wildman–Crippen MR) is 93.8 cm³/mol. The maximum atomic E-state index is 12.8. The van der Waals surface area contributed by atoms with Crippen LogP contribution in [0.1, 0.15) is 12.0 Å². The van der Waals surface area contributed by atoms with Gasteiger partial charge in [-0.2, -0.15) is 13.2 Å². The highest BCUT2D eigenvalue weighted by molar-refractivity contribution is 8.01. The van der Waals surface area contributed by atoms with E-state index in [0.29, 0.717) is 10.6 Å². The Labute approximate surface area is 156 Å². The van der Waals surface area contributed by atoms with E-state index in [1.54, 1.807) is 12.1 Å². The quantitative estimate of drug-likeness (QED) is 0.825. The molecule has 1 aromatic carbocycles. The highest BCUT2D eigenvalue weighted by atomic mass is 32.2. The number of methoxy groups -OCH3 is 1. The second-order valence-corrected chi connectivity index (χ2v) is 6.86. The van der Waals surface area contributed by atoms with Crippen molar-refractivity contribution >= 4 is 35.0 Å². The summed E-state index contributed by atoms with van der Waals surface area (Å²) < 4.78 is 43.4. The smallest absolute Gasteiger partial charge is 0.416 e. The van der Waals surface area contributed by atoms with E-state index in [1.165, 1.54) is 19.4 Å². The molecule has 2 aromatic rings. The molecular weight excluding hydrogens is 383 g/mol.